The lowest BCUT2D eigenvalue weighted by molar-refractivity contribution is -0.118. The number of carbonyl (C=O) groups is 1. The Morgan fingerprint density at radius 3 is 2.65 bits per heavy atom. The quantitative estimate of drug-likeness (QED) is 0.614. The second-order valence-electron chi connectivity index (χ2n) is 5.61. The van der Waals surface area contributed by atoms with Crippen LogP contribution in [0.4, 0.5) is 0 Å². The van der Waals surface area contributed by atoms with E-state index in [9.17, 15) is 4.79 Å². The minimum atomic E-state index is -0.0884. The molecule has 0 aliphatic carbocycles. The lowest BCUT2D eigenvalue weighted by Gasteiger charge is -2.04. The zero-order valence-electron chi connectivity index (χ0n) is 14.3. The number of nitrogens with one attached hydrogen (secondary N) is 1. The number of hydrogen-bond donors (Lipinski definition) is 1. The van der Waals surface area contributed by atoms with Gasteiger partial charge in [-0.3, -0.25) is 4.79 Å². The normalized spacial score (nSPS) is 10.5. The van der Waals surface area contributed by atoms with E-state index >= 15 is 0 Å². The van der Waals surface area contributed by atoms with Crippen LogP contribution >= 0.6 is 11.8 Å². The van der Waals surface area contributed by atoms with E-state index in [1.807, 2.05) is 61.5 Å². The zero-order valence-corrected chi connectivity index (χ0v) is 15.2. The Balaban J connectivity index is 1.40. The van der Waals surface area contributed by atoms with E-state index < -0.39 is 0 Å². The topological polar surface area (TPSA) is 77.2 Å². The maximum absolute atomic E-state index is 11.9. The third kappa shape index (κ3) is 5.63. The Bertz CT molecular complexity index is 835. The summed E-state index contributed by atoms with van der Waals surface area (Å²) in [7, 11) is 0. The van der Waals surface area contributed by atoms with Crippen molar-refractivity contribution in [1.82, 2.24) is 15.5 Å². The second-order valence-corrected chi connectivity index (χ2v) is 6.54. The number of rotatable bonds is 8. The van der Waals surface area contributed by atoms with Gasteiger partial charge >= 0.3 is 0 Å². The van der Waals surface area contributed by atoms with Crippen LogP contribution in [-0.4, -0.2) is 21.9 Å². The number of benzene rings is 2. The Hall–Kier alpha value is -2.80. The van der Waals surface area contributed by atoms with Crippen LogP contribution in [0.2, 0.25) is 0 Å². The van der Waals surface area contributed by atoms with E-state index in [1.54, 1.807) is 0 Å². The average Bonchev–Trinajstić information content (AvgIpc) is 3.13. The van der Waals surface area contributed by atoms with Crippen LogP contribution < -0.4 is 10.1 Å². The molecule has 3 aromatic rings. The highest BCUT2D eigenvalue weighted by Crippen LogP contribution is 2.18. The lowest BCUT2D eigenvalue weighted by Crippen LogP contribution is -2.24. The minimum absolute atomic E-state index is 0.0884. The number of carbonyl (C=O) groups excluding carboxylic acids is 1. The van der Waals surface area contributed by atoms with Gasteiger partial charge in [-0.25, -0.2) is 0 Å². The van der Waals surface area contributed by atoms with Gasteiger partial charge in [-0.05, 0) is 24.6 Å². The highest BCUT2D eigenvalue weighted by molar-refractivity contribution is 7.99. The van der Waals surface area contributed by atoms with Crippen LogP contribution in [0.5, 0.6) is 5.75 Å². The Morgan fingerprint density at radius 1 is 1.12 bits per heavy atom. The van der Waals surface area contributed by atoms with E-state index in [2.05, 4.69) is 15.5 Å². The molecular formula is C19H19N3O3S. The summed E-state index contributed by atoms with van der Waals surface area (Å²) in [5.74, 6) is 1.24. The maximum atomic E-state index is 11.9. The molecule has 134 valence electrons. The Morgan fingerprint density at radius 2 is 1.88 bits per heavy atom. The van der Waals surface area contributed by atoms with E-state index in [0.717, 1.165) is 11.3 Å². The monoisotopic (exact) mass is 369 g/mol. The van der Waals surface area contributed by atoms with Gasteiger partial charge in [0.25, 0.3) is 11.1 Å². The van der Waals surface area contributed by atoms with E-state index in [4.69, 9.17) is 9.15 Å². The van der Waals surface area contributed by atoms with Crippen molar-refractivity contribution in [3.63, 3.8) is 0 Å². The summed E-state index contributed by atoms with van der Waals surface area (Å²) in [4.78, 5) is 11.9. The third-order valence-electron chi connectivity index (χ3n) is 3.49. The zero-order chi connectivity index (χ0) is 18.2. The molecule has 0 saturated heterocycles. The van der Waals surface area contributed by atoms with Crippen LogP contribution in [0.15, 0.2) is 64.2 Å². The smallest absolute Gasteiger partial charge is 0.277 e. The molecule has 0 spiro atoms. The van der Waals surface area contributed by atoms with Gasteiger partial charge in [0.1, 0.15) is 5.75 Å². The number of hydrogen-bond acceptors (Lipinski definition) is 6. The number of aryl methyl sites for hydroxylation is 1. The fraction of sp³-hybridized carbons (Fsp3) is 0.211. The highest BCUT2D eigenvalue weighted by atomic mass is 32.2. The molecule has 2 aromatic carbocycles. The summed E-state index contributed by atoms with van der Waals surface area (Å²) in [6.45, 7) is 2.71. The molecule has 0 bridgehead atoms. The molecule has 1 N–H and O–H groups in total. The summed E-state index contributed by atoms with van der Waals surface area (Å²) < 4.78 is 11.1. The van der Waals surface area contributed by atoms with E-state index in [-0.39, 0.29) is 18.3 Å². The molecule has 1 heterocycles. The highest BCUT2D eigenvalue weighted by Gasteiger charge is 2.10. The first kappa shape index (κ1) is 18.0. The molecule has 6 nitrogen and oxygen atoms in total. The third-order valence-corrected chi connectivity index (χ3v) is 4.31. The number of nitrogens with zero attached hydrogens (tertiary/aromatic N) is 2. The molecule has 1 aromatic heterocycles. The molecule has 0 aliphatic rings. The number of thioether (sulfide) groups is 1. The van der Waals surface area contributed by atoms with Crippen LogP contribution in [0.25, 0.3) is 0 Å². The van der Waals surface area contributed by atoms with Crippen molar-refractivity contribution in [2.45, 2.75) is 25.3 Å². The van der Waals surface area contributed by atoms with Gasteiger partial charge in [0, 0.05) is 6.54 Å². The van der Waals surface area contributed by atoms with Gasteiger partial charge in [0.2, 0.25) is 5.91 Å². The molecule has 26 heavy (non-hydrogen) atoms. The summed E-state index contributed by atoms with van der Waals surface area (Å²) in [6, 6.07) is 17.5. The summed E-state index contributed by atoms with van der Waals surface area (Å²) in [5.41, 5.74) is 2.22. The predicted octanol–water partition coefficient (Wildman–Crippen LogP) is 3.37. The standard InChI is InChI=1S/C19H19N3O3S/c1-14-7-9-16(10-8-14)24-12-18-21-22-19(25-18)26-13-17(23)20-11-15-5-3-2-4-6-15/h2-10H,11-13H2,1H3,(H,20,23). The van der Waals surface area contributed by atoms with Crippen molar-refractivity contribution in [1.29, 1.82) is 0 Å². The largest absolute Gasteiger partial charge is 0.484 e. The van der Waals surface area contributed by atoms with Crippen molar-refractivity contribution in [3.8, 4) is 5.75 Å². The molecule has 0 saturated carbocycles. The molecule has 0 radical (unpaired) electrons. The molecule has 3 rings (SSSR count). The van der Waals surface area contributed by atoms with Crippen molar-refractivity contribution in [3.05, 3.63) is 71.6 Å². The second kappa shape index (κ2) is 9.05. The van der Waals surface area contributed by atoms with Gasteiger partial charge < -0.3 is 14.5 Å². The van der Waals surface area contributed by atoms with Crippen LogP contribution in [-0.2, 0) is 17.9 Å². The van der Waals surface area contributed by atoms with Crippen LogP contribution in [0.1, 0.15) is 17.0 Å². The fourth-order valence-corrected chi connectivity index (χ4v) is 2.72. The van der Waals surface area contributed by atoms with Gasteiger partial charge in [0.15, 0.2) is 6.61 Å². The van der Waals surface area contributed by atoms with Gasteiger partial charge in [0.05, 0.1) is 5.75 Å². The first-order chi connectivity index (χ1) is 12.7. The number of aromatic nitrogens is 2. The van der Waals surface area contributed by atoms with Crippen LogP contribution in [0, 0.1) is 6.92 Å². The molecular weight excluding hydrogens is 350 g/mol. The molecule has 1 amide bonds. The van der Waals surface area contributed by atoms with Gasteiger partial charge in [-0.2, -0.15) is 0 Å². The van der Waals surface area contributed by atoms with Gasteiger partial charge in [-0.15, -0.1) is 10.2 Å². The Labute approximate surface area is 156 Å². The maximum Gasteiger partial charge on any atom is 0.277 e. The summed E-state index contributed by atoms with van der Waals surface area (Å²) in [5, 5.41) is 11.0. The van der Waals surface area contributed by atoms with Crippen molar-refractivity contribution >= 4 is 17.7 Å². The Kier molecular flexibility index (Phi) is 6.27. The first-order valence-corrected chi connectivity index (χ1v) is 9.13. The molecule has 0 atom stereocenters. The average molecular weight is 369 g/mol. The first-order valence-electron chi connectivity index (χ1n) is 8.14. The fourth-order valence-electron chi connectivity index (χ4n) is 2.11. The number of ether oxygens (including phenoxy) is 1. The number of amides is 1. The molecule has 0 fully saturated rings. The summed E-state index contributed by atoms with van der Waals surface area (Å²) in [6.07, 6.45) is 0. The van der Waals surface area contributed by atoms with Crippen molar-refractivity contribution in [2.24, 2.45) is 0 Å². The van der Waals surface area contributed by atoms with Crippen molar-refractivity contribution in [2.75, 3.05) is 5.75 Å². The lowest BCUT2D eigenvalue weighted by atomic mass is 10.2. The minimum Gasteiger partial charge on any atom is -0.484 e. The van der Waals surface area contributed by atoms with Crippen molar-refractivity contribution < 1.29 is 13.9 Å². The van der Waals surface area contributed by atoms with Gasteiger partial charge in [-0.1, -0.05) is 59.8 Å². The van der Waals surface area contributed by atoms with E-state index in [0.29, 0.717) is 17.7 Å². The summed E-state index contributed by atoms with van der Waals surface area (Å²) >= 11 is 1.20. The SMILES string of the molecule is Cc1ccc(OCc2nnc(SCC(=O)NCc3ccccc3)o2)cc1. The molecule has 0 unspecified atom stereocenters. The van der Waals surface area contributed by atoms with E-state index in [1.165, 1.54) is 17.3 Å². The molecule has 0 aliphatic heterocycles. The van der Waals surface area contributed by atoms with Crippen LogP contribution in [0.3, 0.4) is 0 Å². The molecule has 7 heteroatoms. The predicted molar refractivity (Wildman–Crippen MR) is 98.8 cm³/mol.